The number of hydrogen-bond acceptors (Lipinski definition) is 8. The van der Waals surface area contributed by atoms with Crippen molar-refractivity contribution >= 4 is 50.5 Å². The van der Waals surface area contributed by atoms with Gasteiger partial charge in [-0.25, -0.2) is 0 Å². The summed E-state index contributed by atoms with van der Waals surface area (Å²) in [7, 11) is 0. The Labute approximate surface area is 330 Å². The number of aromatic amines is 4. The van der Waals surface area contributed by atoms with Crippen molar-refractivity contribution in [2.75, 3.05) is 0 Å². The summed E-state index contributed by atoms with van der Waals surface area (Å²) in [6, 6.07) is 7.15. The normalized spacial score (nSPS) is 6.86. The maximum absolute atomic E-state index is 4.65. The molecule has 0 amide bonds. The van der Waals surface area contributed by atoms with Gasteiger partial charge in [0.1, 0.15) is 24.8 Å². The van der Waals surface area contributed by atoms with Crippen LogP contribution < -0.4 is 87.9 Å². The molecule has 178 valence electrons. The van der Waals surface area contributed by atoms with Crippen molar-refractivity contribution in [2.45, 2.75) is 20.6 Å². The fourth-order valence-corrected chi connectivity index (χ4v) is 1.76. The molecule has 4 aromatic rings. The molecule has 0 saturated carbocycles. The zero-order chi connectivity index (χ0) is 20.5. The first-order chi connectivity index (χ1) is 13.6. The summed E-state index contributed by atoms with van der Waals surface area (Å²) < 4.78 is 0. The zero-order valence-electron chi connectivity index (χ0n) is 18.0. The molecule has 8 nitrogen and oxygen atoms in total. The maximum Gasteiger partial charge on any atom is 2.00 e. The van der Waals surface area contributed by atoms with Crippen molar-refractivity contribution < 1.29 is 171 Å². The van der Waals surface area contributed by atoms with Crippen molar-refractivity contribution in [2.24, 2.45) is 0 Å². The van der Waals surface area contributed by atoms with Gasteiger partial charge in [-0.05, 0) is 0 Å². The first kappa shape index (κ1) is 53.2. The number of nitrogens with zero attached hydrogens (tertiary/aromatic N) is 4. The number of rotatable bonds is 0. The van der Waals surface area contributed by atoms with E-state index in [2.05, 4.69) is 90.4 Å². The Hall–Kier alpha value is 1.93. The summed E-state index contributed by atoms with van der Waals surface area (Å²) in [4.78, 5) is 25.9. The van der Waals surface area contributed by atoms with Gasteiger partial charge < -0.3 is 118 Å². The molecule has 0 aliphatic carbocycles. The molecule has 4 N–H and O–H groups in total. The van der Waals surface area contributed by atoms with E-state index in [0.29, 0.717) is 20.6 Å². The van der Waals surface area contributed by atoms with E-state index in [1.165, 1.54) is 0 Å². The van der Waals surface area contributed by atoms with E-state index < -0.39 is 0 Å². The topological polar surface area (TPSA) is 108 Å². The van der Waals surface area contributed by atoms with Crippen molar-refractivity contribution in [3.05, 3.63) is 73.8 Å². The van der Waals surface area contributed by atoms with Gasteiger partial charge in [0.05, 0.1) is 24.8 Å². The molecule has 35 heavy (non-hydrogen) atoms. The molecule has 0 spiro atoms. The summed E-state index contributed by atoms with van der Waals surface area (Å²) in [5.74, 6) is 0. The average molecular weight is 1370 g/mol. The quantitative estimate of drug-likeness (QED) is 0.0973. The van der Waals surface area contributed by atoms with E-state index in [-0.39, 0.29) is 151 Å². The van der Waals surface area contributed by atoms with Crippen LogP contribution in [-0.4, -0.2) is 19.9 Å². The molecule has 0 fully saturated rings. The average Bonchev–Trinajstić information content (AvgIpc) is 2.72. The van der Waals surface area contributed by atoms with Gasteiger partial charge in [-0.1, -0.05) is 19.9 Å². The first-order valence-electron chi connectivity index (χ1n) is 7.57. The standard InChI is InChI=1S/4C4H4N2S.4BrH.3Hg/c4*7-4-5-2-1-3-6-4;;;;;;;/h4*1-3H,(H,5,6,7);4*1H;;;/q;;;;;;;;2*+1;+2/p-4. The second-order valence-corrected chi connectivity index (χ2v) is 5.89. The van der Waals surface area contributed by atoms with E-state index in [1.54, 1.807) is 73.8 Å². The first-order valence-corrected chi connectivity index (χ1v) is 9.20. The van der Waals surface area contributed by atoms with E-state index in [1.807, 2.05) is 0 Å². The Kier molecular flexibility index (Phi) is 57.9. The molecule has 0 saturated heterocycles. The Morgan fingerprint density at radius 2 is 0.600 bits per heavy atom. The molecule has 0 bridgehead atoms. The smallest absolute Gasteiger partial charge is 1.00 e. The molecule has 0 aromatic carbocycles. The number of H-pyrrole nitrogens is 4. The van der Waals surface area contributed by atoms with Crippen molar-refractivity contribution in [1.29, 1.82) is 0 Å². The van der Waals surface area contributed by atoms with Gasteiger partial charge in [0.15, 0.2) is 20.6 Å². The van der Waals surface area contributed by atoms with Crippen LogP contribution in [0.4, 0.5) is 0 Å². The SMILES string of the molecule is [Br-].[Br-].[Br-].[Br-].[Hg+2].[Hg+].[Hg+].[S-]c1nccc[nH+]1.[S-]c1nccc[nH+]1.[S-]c1nccc[nH+]1.[S-]c1nccc[nH+]1. The second-order valence-electron chi connectivity index (χ2n) is 4.35. The van der Waals surface area contributed by atoms with E-state index in [0.717, 1.165) is 0 Å². The molecule has 19 heteroatoms. The third-order valence-electron chi connectivity index (χ3n) is 2.32. The van der Waals surface area contributed by atoms with Crippen molar-refractivity contribution in [3.8, 4) is 0 Å². The predicted molar refractivity (Wildman–Crippen MR) is 106 cm³/mol. The number of hydrogen-bond donors (Lipinski definition) is 0. The third-order valence-corrected chi connectivity index (χ3v) is 3.22. The van der Waals surface area contributed by atoms with Gasteiger partial charge in [0.2, 0.25) is 0 Å². The Morgan fingerprint density at radius 3 is 0.657 bits per heavy atom. The van der Waals surface area contributed by atoms with E-state index in [9.17, 15) is 0 Å². The number of aromatic nitrogens is 8. The number of halogens is 4. The molecule has 2 radical (unpaired) electrons. The zero-order valence-corrected chi connectivity index (χ0v) is 44.1. The van der Waals surface area contributed by atoms with Crippen LogP contribution in [0.2, 0.25) is 0 Å². The summed E-state index contributed by atoms with van der Waals surface area (Å²) in [5, 5.41) is 2.12. The summed E-state index contributed by atoms with van der Waals surface area (Å²) in [6.45, 7) is 0. The minimum Gasteiger partial charge on any atom is -1.00 e. The van der Waals surface area contributed by atoms with Crippen LogP contribution in [0.3, 0.4) is 0 Å². The molecule has 4 heterocycles. The fraction of sp³-hybridized carbons (Fsp3) is 0. The van der Waals surface area contributed by atoms with Gasteiger partial charge in [0, 0.05) is 24.3 Å². The largest absolute Gasteiger partial charge is 2.00 e. The van der Waals surface area contributed by atoms with Gasteiger partial charge in [0.25, 0.3) is 0 Å². The monoisotopic (exact) mass is 1370 g/mol. The molecule has 0 atom stereocenters. The third kappa shape index (κ3) is 35.9. The number of nitrogens with one attached hydrogen (secondary N) is 4. The van der Waals surface area contributed by atoms with Crippen LogP contribution in [0.5, 0.6) is 0 Å². The van der Waals surface area contributed by atoms with Crippen molar-refractivity contribution in [1.82, 2.24) is 19.9 Å². The minimum atomic E-state index is 0. The van der Waals surface area contributed by atoms with Crippen LogP contribution >= 0.6 is 0 Å². The Bertz CT molecular complexity index is 741. The molecule has 0 unspecified atom stereocenters. The fourth-order valence-electron chi connectivity index (χ4n) is 1.24. The molecular formula is C16H16Br4Hg3N8S4. The van der Waals surface area contributed by atoms with Crippen LogP contribution in [0.25, 0.3) is 0 Å². The minimum absolute atomic E-state index is 0. The molecule has 4 rings (SSSR count). The molecule has 0 aliphatic heterocycles. The summed E-state index contributed by atoms with van der Waals surface area (Å²) >= 11 is 18.6. The van der Waals surface area contributed by atoms with Crippen LogP contribution in [-0.2, 0) is 134 Å². The second kappa shape index (κ2) is 38.1. The van der Waals surface area contributed by atoms with Gasteiger partial charge in [-0.3, -0.25) is 19.9 Å². The molecule has 0 aliphatic rings. The molecule has 4 aromatic heterocycles. The van der Waals surface area contributed by atoms with E-state index in [4.69, 9.17) is 0 Å². The predicted octanol–water partition coefficient (Wildman–Crippen LogP) is -12.8. The molecular weight excluding hydrogens is 1350 g/mol. The van der Waals surface area contributed by atoms with Crippen LogP contribution in [0.15, 0.2) is 94.5 Å². The van der Waals surface area contributed by atoms with Gasteiger partial charge >= 0.3 is 83.0 Å². The van der Waals surface area contributed by atoms with Crippen LogP contribution in [0, 0.1) is 0 Å². The summed E-state index contributed by atoms with van der Waals surface area (Å²) in [5.41, 5.74) is 0. The van der Waals surface area contributed by atoms with Gasteiger partial charge in [-0.15, -0.1) is 0 Å². The van der Waals surface area contributed by atoms with Gasteiger partial charge in [-0.2, -0.15) is 0 Å². The van der Waals surface area contributed by atoms with Crippen LogP contribution in [0.1, 0.15) is 0 Å². The van der Waals surface area contributed by atoms with E-state index >= 15 is 0 Å². The van der Waals surface area contributed by atoms with Crippen molar-refractivity contribution in [3.63, 3.8) is 0 Å². The maximum atomic E-state index is 4.65. The Balaban J connectivity index is -0.0000000560. The summed E-state index contributed by atoms with van der Waals surface area (Å²) in [6.07, 6.45) is 13.6. The Morgan fingerprint density at radius 1 is 0.429 bits per heavy atom.